The number of hydrogen-bond acceptors (Lipinski definition) is 4. The quantitative estimate of drug-likeness (QED) is 0.254. The summed E-state index contributed by atoms with van der Waals surface area (Å²) >= 11 is 0. The fourth-order valence-electron chi connectivity index (χ4n) is 4.21. The van der Waals surface area contributed by atoms with Crippen LogP contribution in [-0.4, -0.2) is 46.8 Å². The number of aryl methyl sites for hydroxylation is 1. The molecule has 0 aliphatic carbocycles. The zero-order valence-electron chi connectivity index (χ0n) is 22.3. The van der Waals surface area contributed by atoms with E-state index < -0.39 is 17.8 Å². The van der Waals surface area contributed by atoms with Gasteiger partial charge in [0, 0.05) is 12.1 Å². The SMILES string of the molecule is CCCCN(CC(=O)Nc1c(-c2ccccc2)c(C)nn1-c1ccc(OC)cc1)C(=O)Nc1ccccc1F. The van der Waals surface area contributed by atoms with Gasteiger partial charge in [0.2, 0.25) is 5.91 Å². The second-order valence-electron chi connectivity index (χ2n) is 9.02. The van der Waals surface area contributed by atoms with E-state index in [0.29, 0.717) is 24.5 Å². The van der Waals surface area contributed by atoms with Crippen molar-refractivity contribution in [1.29, 1.82) is 0 Å². The molecule has 0 fully saturated rings. The molecule has 1 heterocycles. The lowest BCUT2D eigenvalue weighted by Crippen LogP contribution is -2.41. The molecule has 0 saturated carbocycles. The summed E-state index contributed by atoms with van der Waals surface area (Å²) in [5, 5.41) is 10.3. The number of unbranched alkanes of at least 4 members (excludes halogenated alkanes) is 1. The van der Waals surface area contributed by atoms with Crippen LogP contribution in [0.15, 0.2) is 78.9 Å². The first-order chi connectivity index (χ1) is 18.9. The van der Waals surface area contributed by atoms with Gasteiger partial charge in [-0.2, -0.15) is 5.10 Å². The summed E-state index contributed by atoms with van der Waals surface area (Å²) in [6, 6.07) is 22.4. The van der Waals surface area contributed by atoms with Crippen LogP contribution in [0.2, 0.25) is 0 Å². The highest BCUT2D eigenvalue weighted by Gasteiger charge is 2.23. The number of halogens is 1. The third-order valence-electron chi connectivity index (χ3n) is 6.22. The molecule has 0 atom stereocenters. The number of amides is 3. The van der Waals surface area contributed by atoms with Crippen molar-refractivity contribution in [3.63, 3.8) is 0 Å². The van der Waals surface area contributed by atoms with Gasteiger partial charge in [0.25, 0.3) is 0 Å². The molecule has 9 heteroatoms. The Balaban J connectivity index is 1.63. The van der Waals surface area contributed by atoms with Gasteiger partial charge in [0.1, 0.15) is 23.9 Å². The van der Waals surface area contributed by atoms with E-state index in [2.05, 4.69) is 10.6 Å². The second kappa shape index (κ2) is 12.7. The summed E-state index contributed by atoms with van der Waals surface area (Å²) in [5.41, 5.74) is 3.19. The van der Waals surface area contributed by atoms with Gasteiger partial charge >= 0.3 is 6.03 Å². The molecule has 1 aromatic heterocycles. The second-order valence-corrected chi connectivity index (χ2v) is 9.02. The Morgan fingerprint density at radius 1 is 0.974 bits per heavy atom. The maximum atomic E-state index is 14.1. The van der Waals surface area contributed by atoms with Crippen molar-refractivity contribution < 1.29 is 18.7 Å². The van der Waals surface area contributed by atoms with E-state index in [1.54, 1.807) is 23.9 Å². The van der Waals surface area contributed by atoms with Gasteiger partial charge in [-0.15, -0.1) is 0 Å². The zero-order chi connectivity index (χ0) is 27.8. The summed E-state index contributed by atoms with van der Waals surface area (Å²) in [7, 11) is 1.60. The smallest absolute Gasteiger partial charge is 0.322 e. The highest BCUT2D eigenvalue weighted by Crippen LogP contribution is 2.33. The molecule has 39 heavy (non-hydrogen) atoms. The van der Waals surface area contributed by atoms with Crippen molar-refractivity contribution in [3.8, 4) is 22.6 Å². The van der Waals surface area contributed by atoms with Gasteiger partial charge < -0.3 is 20.3 Å². The van der Waals surface area contributed by atoms with Crippen LogP contribution in [0.1, 0.15) is 25.5 Å². The number of benzene rings is 3. The normalized spacial score (nSPS) is 10.7. The number of anilines is 2. The third kappa shape index (κ3) is 6.62. The van der Waals surface area contributed by atoms with E-state index in [1.807, 2.05) is 68.4 Å². The molecule has 0 spiro atoms. The maximum absolute atomic E-state index is 14.1. The van der Waals surface area contributed by atoms with Crippen LogP contribution in [-0.2, 0) is 4.79 Å². The van der Waals surface area contributed by atoms with E-state index in [1.165, 1.54) is 17.0 Å². The molecule has 0 bridgehead atoms. The summed E-state index contributed by atoms with van der Waals surface area (Å²) in [4.78, 5) is 27.8. The summed E-state index contributed by atoms with van der Waals surface area (Å²) in [6.45, 7) is 4.00. The Morgan fingerprint density at radius 2 is 1.67 bits per heavy atom. The van der Waals surface area contributed by atoms with Crippen LogP contribution in [0, 0.1) is 12.7 Å². The lowest BCUT2D eigenvalue weighted by Gasteiger charge is -2.23. The van der Waals surface area contributed by atoms with Crippen molar-refractivity contribution in [2.45, 2.75) is 26.7 Å². The summed E-state index contributed by atoms with van der Waals surface area (Å²) in [5.74, 6) is 0.237. The van der Waals surface area contributed by atoms with Gasteiger partial charge in [0.15, 0.2) is 0 Å². The predicted octanol–water partition coefficient (Wildman–Crippen LogP) is 6.27. The minimum atomic E-state index is -0.549. The van der Waals surface area contributed by atoms with E-state index in [0.717, 1.165) is 28.9 Å². The molecule has 0 aliphatic rings. The number of urea groups is 1. The molecule has 4 aromatic rings. The number of methoxy groups -OCH3 is 1. The van der Waals surface area contributed by atoms with E-state index in [-0.39, 0.29) is 12.2 Å². The molecule has 0 aliphatic heterocycles. The Hall–Kier alpha value is -4.66. The third-order valence-corrected chi connectivity index (χ3v) is 6.22. The number of nitrogens with zero attached hydrogens (tertiary/aromatic N) is 3. The summed E-state index contributed by atoms with van der Waals surface area (Å²) in [6.07, 6.45) is 1.52. The molecule has 3 aromatic carbocycles. The van der Waals surface area contributed by atoms with Crippen molar-refractivity contribution in [2.24, 2.45) is 0 Å². The number of ether oxygens (including phenoxy) is 1. The van der Waals surface area contributed by atoms with E-state index >= 15 is 0 Å². The minimum absolute atomic E-state index is 0.0592. The Kier molecular flexibility index (Phi) is 8.94. The van der Waals surface area contributed by atoms with Crippen LogP contribution in [0.4, 0.5) is 20.7 Å². The Morgan fingerprint density at radius 3 is 2.33 bits per heavy atom. The predicted molar refractivity (Wildman–Crippen MR) is 151 cm³/mol. The molecular formula is C30H32FN5O3. The first kappa shape index (κ1) is 27.4. The number of nitrogens with one attached hydrogen (secondary N) is 2. The highest BCUT2D eigenvalue weighted by atomic mass is 19.1. The first-order valence-electron chi connectivity index (χ1n) is 12.8. The van der Waals surface area contributed by atoms with Crippen LogP contribution in [0.3, 0.4) is 0 Å². The van der Waals surface area contributed by atoms with Crippen LogP contribution >= 0.6 is 0 Å². The van der Waals surface area contributed by atoms with Gasteiger partial charge in [-0.05, 0) is 55.3 Å². The zero-order valence-corrected chi connectivity index (χ0v) is 22.3. The number of carbonyl (C=O) groups is 2. The highest BCUT2D eigenvalue weighted by molar-refractivity contribution is 5.99. The largest absolute Gasteiger partial charge is 0.497 e. The molecule has 4 rings (SSSR count). The standard InChI is InChI=1S/C30H32FN5O3/c1-4-5-19-35(30(38)32-26-14-10-9-13-25(26)31)20-27(37)33-29-28(22-11-7-6-8-12-22)21(2)34-36(29)23-15-17-24(39-3)18-16-23/h6-18H,4-5,19-20H2,1-3H3,(H,32,38)(H,33,37). The molecule has 0 saturated heterocycles. The lowest BCUT2D eigenvalue weighted by atomic mass is 10.1. The van der Waals surface area contributed by atoms with E-state index in [9.17, 15) is 14.0 Å². The average Bonchev–Trinajstić information content (AvgIpc) is 3.27. The Labute approximate surface area is 227 Å². The molecule has 3 amide bonds. The van der Waals surface area contributed by atoms with Crippen LogP contribution in [0.5, 0.6) is 5.75 Å². The topological polar surface area (TPSA) is 88.5 Å². The van der Waals surface area contributed by atoms with Crippen molar-refractivity contribution in [3.05, 3.63) is 90.4 Å². The fourth-order valence-corrected chi connectivity index (χ4v) is 4.21. The lowest BCUT2D eigenvalue weighted by molar-refractivity contribution is -0.116. The van der Waals surface area contributed by atoms with Gasteiger partial charge in [0.05, 0.1) is 24.2 Å². The molecule has 202 valence electrons. The van der Waals surface area contributed by atoms with Gasteiger partial charge in [-0.3, -0.25) is 4.79 Å². The summed E-state index contributed by atoms with van der Waals surface area (Å²) < 4.78 is 21.1. The van der Waals surface area contributed by atoms with Crippen molar-refractivity contribution in [2.75, 3.05) is 30.8 Å². The van der Waals surface area contributed by atoms with E-state index in [4.69, 9.17) is 9.84 Å². The number of carbonyl (C=O) groups excluding carboxylic acids is 2. The van der Waals surface area contributed by atoms with Crippen molar-refractivity contribution >= 4 is 23.4 Å². The molecule has 2 N–H and O–H groups in total. The van der Waals surface area contributed by atoms with Gasteiger partial charge in [-0.25, -0.2) is 13.9 Å². The maximum Gasteiger partial charge on any atom is 0.322 e. The van der Waals surface area contributed by atoms with Gasteiger partial charge in [-0.1, -0.05) is 55.8 Å². The average molecular weight is 530 g/mol. The molecule has 0 radical (unpaired) electrons. The Bertz CT molecular complexity index is 1420. The first-order valence-corrected chi connectivity index (χ1v) is 12.8. The number of para-hydroxylation sites is 1. The molecular weight excluding hydrogens is 497 g/mol. The minimum Gasteiger partial charge on any atom is -0.497 e. The number of aromatic nitrogens is 2. The fraction of sp³-hybridized carbons (Fsp3) is 0.233. The van der Waals surface area contributed by atoms with Crippen molar-refractivity contribution in [1.82, 2.24) is 14.7 Å². The van der Waals surface area contributed by atoms with Crippen LogP contribution in [0.25, 0.3) is 16.8 Å². The number of rotatable bonds is 10. The number of hydrogen-bond donors (Lipinski definition) is 2. The van der Waals surface area contributed by atoms with Crippen LogP contribution < -0.4 is 15.4 Å². The monoisotopic (exact) mass is 529 g/mol. The molecule has 0 unspecified atom stereocenters. The molecule has 8 nitrogen and oxygen atoms in total.